The number of carbonyl (C=O) groups is 2. The van der Waals surface area contributed by atoms with Gasteiger partial charge in [0.25, 0.3) is 0 Å². The molecule has 2 aliphatic heterocycles. The number of ether oxygens (including phenoxy) is 3. The molecule has 5 rings (SSSR count). The molecule has 0 saturated carbocycles. The summed E-state index contributed by atoms with van der Waals surface area (Å²) in [6.45, 7) is 3.09. The van der Waals surface area contributed by atoms with Crippen molar-refractivity contribution in [3.05, 3.63) is 65.4 Å². The molecule has 1 amide bonds. The lowest BCUT2D eigenvalue weighted by Crippen LogP contribution is -2.24. The first kappa shape index (κ1) is 19.2. The Kier molecular flexibility index (Phi) is 4.86. The van der Waals surface area contributed by atoms with Crippen molar-refractivity contribution in [2.24, 2.45) is 0 Å². The van der Waals surface area contributed by atoms with Crippen molar-refractivity contribution in [2.75, 3.05) is 25.1 Å². The van der Waals surface area contributed by atoms with Crippen molar-refractivity contribution in [3.63, 3.8) is 0 Å². The number of hydrogen-bond acceptors (Lipinski definition) is 6. The fourth-order valence-corrected chi connectivity index (χ4v) is 3.93. The number of carbonyl (C=O) groups excluding carboxylic acids is 2. The van der Waals surface area contributed by atoms with Crippen LogP contribution in [-0.4, -0.2) is 31.7 Å². The molecule has 0 aliphatic carbocycles. The molecule has 3 heterocycles. The molecular formula is C24H21NO6. The van der Waals surface area contributed by atoms with Crippen LogP contribution in [0, 0.1) is 0 Å². The predicted molar refractivity (Wildman–Crippen MR) is 113 cm³/mol. The zero-order chi connectivity index (χ0) is 21.4. The number of rotatable bonds is 4. The van der Waals surface area contributed by atoms with Crippen LogP contribution in [0.2, 0.25) is 0 Å². The van der Waals surface area contributed by atoms with Gasteiger partial charge in [-0.1, -0.05) is 12.1 Å². The van der Waals surface area contributed by atoms with Crippen LogP contribution in [0.4, 0.5) is 5.69 Å². The lowest BCUT2D eigenvalue weighted by atomic mass is 9.88. The summed E-state index contributed by atoms with van der Waals surface area (Å²) in [4.78, 5) is 24.2. The van der Waals surface area contributed by atoms with Crippen molar-refractivity contribution in [1.82, 2.24) is 0 Å². The maximum atomic E-state index is 12.3. The smallest absolute Gasteiger partial charge is 0.338 e. The second kappa shape index (κ2) is 7.83. The van der Waals surface area contributed by atoms with E-state index in [0.717, 1.165) is 11.1 Å². The molecule has 0 bridgehead atoms. The van der Waals surface area contributed by atoms with Crippen LogP contribution in [0.15, 0.2) is 52.9 Å². The van der Waals surface area contributed by atoms with Crippen LogP contribution in [0.5, 0.6) is 11.5 Å². The van der Waals surface area contributed by atoms with E-state index in [0.29, 0.717) is 54.1 Å². The van der Waals surface area contributed by atoms with Crippen LogP contribution in [0.1, 0.15) is 40.9 Å². The molecule has 1 aromatic heterocycles. The fraction of sp³-hybridized carbons (Fsp3) is 0.250. The monoisotopic (exact) mass is 419 g/mol. The number of nitrogens with one attached hydrogen (secondary N) is 1. The molecule has 1 N–H and O–H groups in total. The van der Waals surface area contributed by atoms with E-state index in [1.54, 1.807) is 19.1 Å². The van der Waals surface area contributed by atoms with E-state index in [1.165, 1.54) is 0 Å². The molecule has 3 aromatic rings. The maximum absolute atomic E-state index is 12.3. The molecule has 0 saturated heterocycles. The molecule has 158 valence electrons. The Morgan fingerprint density at radius 1 is 1.06 bits per heavy atom. The number of benzene rings is 2. The van der Waals surface area contributed by atoms with E-state index < -0.39 is 0 Å². The summed E-state index contributed by atoms with van der Waals surface area (Å²) in [5.41, 5.74) is 2.97. The van der Waals surface area contributed by atoms with Gasteiger partial charge in [0.1, 0.15) is 24.7 Å². The largest absolute Gasteiger partial charge is 0.486 e. The first-order chi connectivity index (χ1) is 15.1. The normalized spacial score (nSPS) is 16.9. The Morgan fingerprint density at radius 3 is 2.55 bits per heavy atom. The summed E-state index contributed by atoms with van der Waals surface area (Å²) >= 11 is 0. The zero-order valence-corrected chi connectivity index (χ0v) is 17.0. The number of fused-ring (bicyclic) bond motifs is 2. The molecular weight excluding hydrogens is 398 g/mol. The van der Waals surface area contributed by atoms with Gasteiger partial charge in [-0.3, -0.25) is 4.79 Å². The summed E-state index contributed by atoms with van der Waals surface area (Å²) in [6, 6.07) is 14.5. The second-order valence-electron chi connectivity index (χ2n) is 7.39. The highest BCUT2D eigenvalue weighted by Crippen LogP contribution is 2.44. The molecule has 0 unspecified atom stereocenters. The van der Waals surface area contributed by atoms with Crippen LogP contribution >= 0.6 is 0 Å². The van der Waals surface area contributed by atoms with E-state index in [4.69, 9.17) is 18.6 Å². The minimum absolute atomic E-state index is 0.0779. The quantitative estimate of drug-likeness (QED) is 0.632. The fourth-order valence-electron chi connectivity index (χ4n) is 3.93. The van der Waals surface area contributed by atoms with Gasteiger partial charge in [0.2, 0.25) is 5.91 Å². The summed E-state index contributed by atoms with van der Waals surface area (Å²) in [7, 11) is 0. The molecule has 7 nitrogen and oxygen atoms in total. The van der Waals surface area contributed by atoms with Crippen LogP contribution < -0.4 is 14.8 Å². The topological polar surface area (TPSA) is 87.0 Å². The molecule has 0 spiro atoms. The number of furan rings is 1. The zero-order valence-electron chi connectivity index (χ0n) is 17.0. The van der Waals surface area contributed by atoms with Crippen LogP contribution in [0.25, 0.3) is 11.3 Å². The average Bonchev–Trinajstić information content (AvgIpc) is 3.27. The first-order valence-corrected chi connectivity index (χ1v) is 10.2. The predicted octanol–water partition coefficient (Wildman–Crippen LogP) is 4.37. The summed E-state index contributed by atoms with van der Waals surface area (Å²) in [6.07, 6.45) is 0.279. The van der Waals surface area contributed by atoms with Crippen molar-refractivity contribution < 1.29 is 28.2 Å². The maximum Gasteiger partial charge on any atom is 0.338 e. The molecule has 7 heteroatoms. The highest BCUT2D eigenvalue weighted by atomic mass is 16.6. The van der Waals surface area contributed by atoms with Gasteiger partial charge in [-0.15, -0.1) is 0 Å². The van der Waals surface area contributed by atoms with E-state index in [-0.39, 0.29) is 24.2 Å². The number of hydrogen-bond donors (Lipinski definition) is 1. The SMILES string of the molecule is CCOC(=O)c1ccc(-c2ccc([C@H]3CC(=O)Nc4cc5c(cc43)OCCO5)o2)cc1. The summed E-state index contributed by atoms with van der Waals surface area (Å²) in [5.74, 6) is 2.00. The lowest BCUT2D eigenvalue weighted by Gasteiger charge is -2.27. The second-order valence-corrected chi connectivity index (χ2v) is 7.39. The van der Waals surface area contributed by atoms with Crippen molar-refractivity contribution in [1.29, 1.82) is 0 Å². The third-order valence-electron chi connectivity index (χ3n) is 5.40. The molecule has 0 fully saturated rings. The minimum Gasteiger partial charge on any atom is -0.486 e. The Hall–Kier alpha value is -3.74. The molecule has 31 heavy (non-hydrogen) atoms. The first-order valence-electron chi connectivity index (χ1n) is 10.2. The highest BCUT2D eigenvalue weighted by molar-refractivity contribution is 5.96. The van der Waals surface area contributed by atoms with Crippen LogP contribution in [-0.2, 0) is 9.53 Å². The van der Waals surface area contributed by atoms with Crippen molar-refractivity contribution in [3.8, 4) is 22.8 Å². The average molecular weight is 419 g/mol. The van der Waals surface area contributed by atoms with Gasteiger partial charge < -0.3 is 23.9 Å². The van der Waals surface area contributed by atoms with E-state index in [2.05, 4.69) is 5.32 Å². The standard InChI is InChI=1S/C24H21NO6/c1-2-28-24(27)15-5-3-14(4-6-15)19-7-8-20(31-19)17-12-23(26)25-18-13-22-21(11-16(17)18)29-9-10-30-22/h3-8,11,13,17H,2,9-10,12H2,1H3,(H,25,26)/t17-/m0/s1. The van der Waals surface area contributed by atoms with Gasteiger partial charge in [0.15, 0.2) is 11.5 Å². The Labute approximate surface area is 178 Å². The van der Waals surface area contributed by atoms with Crippen molar-refractivity contribution >= 4 is 17.6 Å². The van der Waals surface area contributed by atoms with Crippen molar-refractivity contribution in [2.45, 2.75) is 19.3 Å². The molecule has 1 atom stereocenters. The van der Waals surface area contributed by atoms with Gasteiger partial charge >= 0.3 is 5.97 Å². The molecule has 0 radical (unpaired) electrons. The van der Waals surface area contributed by atoms with Gasteiger partial charge in [-0.25, -0.2) is 4.79 Å². The third kappa shape index (κ3) is 3.63. The number of amides is 1. The lowest BCUT2D eigenvalue weighted by molar-refractivity contribution is -0.116. The van der Waals surface area contributed by atoms with E-state index in [9.17, 15) is 9.59 Å². The number of esters is 1. The number of anilines is 1. The Morgan fingerprint density at radius 2 is 1.81 bits per heavy atom. The minimum atomic E-state index is -0.353. The van der Waals surface area contributed by atoms with E-state index in [1.807, 2.05) is 36.4 Å². The molecule has 2 aromatic carbocycles. The van der Waals surface area contributed by atoms with Gasteiger partial charge in [-0.05, 0) is 42.8 Å². The van der Waals surface area contributed by atoms with Gasteiger partial charge in [-0.2, -0.15) is 0 Å². The Balaban J connectivity index is 1.45. The van der Waals surface area contributed by atoms with Gasteiger partial charge in [0.05, 0.1) is 18.1 Å². The van der Waals surface area contributed by atoms with Gasteiger partial charge in [0, 0.05) is 23.7 Å². The van der Waals surface area contributed by atoms with E-state index >= 15 is 0 Å². The molecule has 2 aliphatic rings. The summed E-state index contributed by atoms with van der Waals surface area (Å²) in [5, 5.41) is 2.92. The van der Waals surface area contributed by atoms with Crippen LogP contribution in [0.3, 0.4) is 0 Å². The third-order valence-corrected chi connectivity index (χ3v) is 5.40. The summed E-state index contributed by atoms with van der Waals surface area (Å²) < 4.78 is 22.5. The highest BCUT2D eigenvalue weighted by Gasteiger charge is 2.31. The Bertz CT molecular complexity index is 1150.